The Labute approximate surface area is 69.2 Å². The van der Waals surface area contributed by atoms with E-state index in [2.05, 4.69) is 41.2 Å². The van der Waals surface area contributed by atoms with E-state index in [4.69, 9.17) is 4.42 Å². The fourth-order valence-electron chi connectivity index (χ4n) is 0.957. The van der Waals surface area contributed by atoms with Gasteiger partial charge in [-0.15, -0.1) is 10.2 Å². The quantitative estimate of drug-likeness (QED) is 0.413. The Bertz CT molecular complexity index is 524. The largest absolute Gasteiger partial charge is 0.413 e. The molecular formula is C4N8O. The molecule has 3 aromatic heterocycles. The maximum absolute atomic E-state index is 5.10. The maximum atomic E-state index is 5.10. The van der Waals surface area contributed by atoms with Gasteiger partial charge >= 0.3 is 0 Å². The zero-order valence-corrected chi connectivity index (χ0v) is 5.99. The predicted molar refractivity (Wildman–Crippen MR) is 36.1 cm³/mol. The van der Waals surface area contributed by atoms with Gasteiger partial charge in [0.1, 0.15) is 0 Å². The lowest BCUT2D eigenvalue weighted by molar-refractivity contribution is 0.602. The molecule has 62 valence electrons. The molecule has 0 bridgehead atoms. The highest BCUT2D eigenvalue weighted by Gasteiger charge is 2.12. The highest BCUT2D eigenvalue weighted by Crippen LogP contribution is 2.18. The van der Waals surface area contributed by atoms with Crippen molar-refractivity contribution >= 4 is 22.5 Å². The first-order chi connectivity index (χ1) is 6.45. The smallest absolute Gasteiger partial charge is 0.272 e. The molecule has 0 amide bonds. The Morgan fingerprint density at radius 1 is 0.615 bits per heavy atom. The molecule has 0 fully saturated rings. The van der Waals surface area contributed by atoms with Crippen LogP contribution in [0.15, 0.2) is 4.42 Å². The van der Waals surface area contributed by atoms with Gasteiger partial charge < -0.3 is 4.42 Å². The molecule has 0 spiro atoms. The van der Waals surface area contributed by atoms with Crippen LogP contribution in [0.4, 0.5) is 0 Å². The number of fused-ring (bicyclic) bond motifs is 3. The molecule has 0 unspecified atom stereocenters. The van der Waals surface area contributed by atoms with Crippen LogP contribution >= 0.6 is 0 Å². The Balaban J connectivity index is 2.64. The van der Waals surface area contributed by atoms with Crippen LogP contribution in [-0.4, -0.2) is 41.2 Å². The summed E-state index contributed by atoms with van der Waals surface area (Å²) in [5.74, 6) is 0. The average molecular weight is 176 g/mol. The Morgan fingerprint density at radius 3 is 1.62 bits per heavy atom. The fourth-order valence-corrected chi connectivity index (χ4v) is 0.957. The first-order valence-corrected chi connectivity index (χ1v) is 3.25. The molecule has 3 rings (SSSR count). The van der Waals surface area contributed by atoms with Crippen molar-refractivity contribution in [2.75, 3.05) is 0 Å². The van der Waals surface area contributed by atoms with Crippen LogP contribution in [0.1, 0.15) is 0 Å². The summed E-state index contributed by atoms with van der Waals surface area (Å²) < 4.78 is 5.10. The normalized spacial score (nSPS) is 11.1. The minimum absolute atomic E-state index is 0.222. The van der Waals surface area contributed by atoms with E-state index in [-0.39, 0.29) is 11.4 Å². The number of aromatic nitrogens is 8. The summed E-state index contributed by atoms with van der Waals surface area (Å²) >= 11 is 0. The molecule has 0 aliphatic rings. The molecule has 0 saturated heterocycles. The molecule has 0 aliphatic heterocycles. The number of nitrogens with zero attached hydrogens (tertiary/aromatic N) is 8. The molecule has 3 aromatic rings. The molecule has 9 nitrogen and oxygen atoms in total. The summed E-state index contributed by atoms with van der Waals surface area (Å²) in [4.78, 5) is 0. The lowest BCUT2D eigenvalue weighted by Crippen LogP contribution is -1.92. The topological polar surface area (TPSA) is 116 Å². The predicted octanol–water partition coefficient (Wildman–Crippen LogP) is -1.25. The molecule has 9 heteroatoms. The highest BCUT2D eigenvalue weighted by molar-refractivity contribution is 5.95. The number of rotatable bonds is 0. The van der Waals surface area contributed by atoms with E-state index in [9.17, 15) is 0 Å². The summed E-state index contributed by atoms with van der Waals surface area (Å²) in [6.07, 6.45) is 0. The fraction of sp³-hybridized carbons (Fsp3) is 0. The molecule has 13 heavy (non-hydrogen) atoms. The van der Waals surface area contributed by atoms with Gasteiger partial charge in [-0.25, -0.2) is 0 Å². The van der Waals surface area contributed by atoms with E-state index in [1.165, 1.54) is 0 Å². The maximum Gasteiger partial charge on any atom is 0.272 e. The molecule has 0 aromatic carbocycles. The van der Waals surface area contributed by atoms with Crippen molar-refractivity contribution in [3.05, 3.63) is 0 Å². The molecule has 0 saturated carbocycles. The van der Waals surface area contributed by atoms with Gasteiger partial charge in [-0.1, -0.05) is 10.2 Å². The van der Waals surface area contributed by atoms with Crippen molar-refractivity contribution in [1.82, 2.24) is 41.2 Å². The monoisotopic (exact) mass is 176 g/mol. The van der Waals surface area contributed by atoms with Crippen molar-refractivity contribution in [2.24, 2.45) is 0 Å². The van der Waals surface area contributed by atoms with Crippen LogP contribution in [-0.2, 0) is 0 Å². The summed E-state index contributed by atoms with van der Waals surface area (Å²) in [6.45, 7) is 0. The Kier molecular flexibility index (Phi) is 1.00. The summed E-state index contributed by atoms with van der Waals surface area (Å²) in [6, 6.07) is 0. The Morgan fingerprint density at radius 2 is 1.08 bits per heavy atom. The third kappa shape index (κ3) is 0.745. The van der Waals surface area contributed by atoms with Crippen molar-refractivity contribution in [3.8, 4) is 0 Å². The van der Waals surface area contributed by atoms with Gasteiger partial charge in [0.05, 0.1) is 0 Å². The van der Waals surface area contributed by atoms with Crippen LogP contribution in [0.2, 0.25) is 0 Å². The van der Waals surface area contributed by atoms with Crippen LogP contribution in [0.25, 0.3) is 22.5 Å². The zero-order chi connectivity index (χ0) is 8.67. The van der Waals surface area contributed by atoms with Gasteiger partial charge in [0.15, 0.2) is 11.0 Å². The molecular weight excluding hydrogens is 176 g/mol. The van der Waals surface area contributed by atoms with Crippen LogP contribution in [0.5, 0.6) is 0 Å². The summed E-state index contributed by atoms with van der Waals surface area (Å²) in [7, 11) is 0. The minimum atomic E-state index is 0.222. The molecule has 0 N–H and O–H groups in total. The van der Waals surface area contributed by atoms with E-state index in [1.54, 1.807) is 0 Å². The Hall–Kier alpha value is -2.32. The minimum Gasteiger partial charge on any atom is -0.413 e. The molecule has 0 radical (unpaired) electrons. The van der Waals surface area contributed by atoms with E-state index >= 15 is 0 Å². The van der Waals surface area contributed by atoms with Crippen molar-refractivity contribution in [3.63, 3.8) is 0 Å². The van der Waals surface area contributed by atoms with E-state index in [0.29, 0.717) is 11.0 Å². The van der Waals surface area contributed by atoms with Gasteiger partial charge in [0.2, 0.25) is 0 Å². The summed E-state index contributed by atoms with van der Waals surface area (Å²) in [5.41, 5.74) is 1.21. The second-order valence-corrected chi connectivity index (χ2v) is 2.17. The standard InChI is InChI=1S/C4N8O/c5-1-2-4(8-12-10-6-2)13-3(1)7-11-9-5. The van der Waals surface area contributed by atoms with Crippen LogP contribution < -0.4 is 0 Å². The van der Waals surface area contributed by atoms with Gasteiger partial charge in [-0.05, 0) is 20.9 Å². The van der Waals surface area contributed by atoms with Crippen molar-refractivity contribution in [2.45, 2.75) is 0 Å². The van der Waals surface area contributed by atoms with E-state index < -0.39 is 0 Å². The third-order valence-corrected chi connectivity index (χ3v) is 1.46. The van der Waals surface area contributed by atoms with Gasteiger partial charge in [-0.2, -0.15) is 0 Å². The zero-order valence-electron chi connectivity index (χ0n) is 5.99. The van der Waals surface area contributed by atoms with Gasteiger partial charge in [-0.3, -0.25) is 0 Å². The summed E-state index contributed by atoms with van der Waals surface area (Å²) in [5, 5.41) is 27.9. The first-order valence-electron chi connectivity index (χ1n) is 3.25. The second-order valence-electron chi connectivity index (χ2n) is 2.17. The average Bonchev–Trinajstić information content (AvgIpc) is 2.56. The molecule has 0 atom stereocenters. The van der Waals surface area contributed by atoms with Crippen LogP contribution in [0, 0.1) is 0 Å². The lowest BCUT2D eigenvalue weighted by atomic mass is 10.5. The highest BCUT2D eigenvalue weighted by atomic mass is 16.4. The van der Waals surface area contributed by atoms with E-state index in [1.807, 2.05) is 0 Å². The first kappa shape index (κ1) is 6.22. The van der Waals surface area contributed by atoms with Crippen molar-refractivity contribution < 1.29 is 4.42 Å². The number of hydrogen-bond acceptors (Lipinski definition) is 9. The molecule has 3 heterocycles. The van der Waals surface area contributed by atoms with Gasteiger partial charge in [0, 0.05) is 0 Å². The van der Waals surface area contributed by atoms with E-state index in [0.717, 1.165) is 0 Å². The number of furan rings is 1. The van der Waals surface area contributed by atoms with Crippen molar-refractivity contribution in [1.29, 1.82) is 0 Å². The SMILES string of the molecule is n1nnc2c(n1)oc1nnnnc12. The third-order valence-electron chi connectivity index (χ3n) is 1.46. The number of hydrogen-bond donors (Lipinski definition) is 0. The molecule has 0 aliphatic carbocycles. The van der Waals surface area contributed by atoms with Crippen LogP contribution in [0.3, 0.4) is 0 Å². The second kappa shape index (κ2) is 2.09. The lowest BCUT2D eigenvalue weighted by Gasteiger charge is -1.78. The van der Waals surface area contributed by atoms with Gasteiger partial charge in [0.25, 0.3) is 11.4 Å².